The smallest absolute Gasteiger partial charge is 0.262 e. The number of nitrogens with one attached hydrogen (secondary N) is 1. The minimum absolute atomic E-state index is 0.114. The minimum Gasteiger partial charge on any atom is -0.490 e. The Morgan fingerprint density at radius 2 is 1.92 bits per heavy atom. The zero-order chi connectivity index (χ0) is 37.0. The molecule has 9 nitrogen and oxygen atoms in total. The summed E-state index contributed by atoms with van der Waals surface area (Å²) in [6.45, 7) is 13.0. The number of benzene rings is 2. The van der Waals surface area contributed by atoms with Crippen LogP contribution in [0.4, 0.5) is 5.69 Å². The van der Waals surface area contributed by atoms with Crippen LogP contribution in [0.5, 0.6) is 5.75 Å². The number of piperazine rings is 1. The van der Waals surface area contributed by atoms with Crippen molar-refractivity contribution in [3.63, 3.8) is 0 Å². The molecule has 1 N–H and O–H groups in total. The van der Waals surface area contributed by atoms with E-state index in [0.29, 0.717) is 30.0 Å². The number of halogens is 1. The van der Waals surface area contributed by atoms with E-state index in [1.165, 1.54) is 11.1 Å². The van der Waals surface area contributed by atoms with Crippen LogP contribution in [0.15, 0.2) is 36.4 Å². The SMILES string of the molecule is C=S1(=O)NC(=O)c2ccc3c(c2)N(C[C@@H]2CC[C@H]2[C@](CN2CCN4CCOC[C@@H]4C2)(OC)CCC[C@H](C)[C@H]1C)C[C@@]1(CCCc2cc(Cl)ccc21)CO3. The summed E-state index contributed by atoms with van der Waals surface area (Å²) < 4.78 is 36.5. The summed E-state index contributed by atoms with van der Waals surface area (Å²) in [6, 6.07) is 12.5. The molecule has 6 aliphatic rings. The average Bonchev–Trinajstić information content (AvgIpc) is 3.28. The van der Waals surface area contributed by atoms with Crippen molar-refractivity contribution >= 4 is 38.8 Å². The molecule has 2 aromatic rings. The van der Waals surface area contributed by atoms with E-state index < -0.39 is 9.71 Å². The van der Waals surface area contributed by atoms with Crippen molar-refractivity contribution in [2.45, 2.75) is 87.5 Å². The first-order valence-electron chi connectivity index (χ1n) is 20.1. The van der Waals surface area contributed by atoms with Crippen LogP contribution >= 0.6 is 11.6 Å². The Balaban J connectivity index is 1.17. The topological polar surface area (TPSA) is 83.6 Å². The van der Waals surface area contributed by atoms with Crippen LogP contribution in [0.1, 0.15) is 80.3 Å². The maximum absolute atomic E-state index is 14.1. The Labute approximate surface area is 322 Å². The van der Waals surface area contributed by atoms with Crippen LogP contribution in [-0.2, 0) is 31.0 Å². The number of methoxy groups -OCH3 is 1. The fourth-order valence-electron chi connectivity index (χ4n) is 10.7. The molecule has 3 fully saturated rings. The molecule has 2 saturated heterocycles. The second-order valence-corrected chi connectivity index (χ2v) is 20.1. The molecule has 8 atom stereocenters. The molecule has 1 spiro atoms. The minimum atomic E-state index is -2.92. The number of anilines is 1. The quantitative estimate of drug-likeness (QED) is 0.393. The highest BCUT2D eigenvalue weighted by atomic mass is 35.5. The highest BCUT2D eigenvalue weighted by molar-refractivity contribution is 7.99. The normalized spacial score (nSPS) is 36.9. The van der Waals surface area contributed by atoms with Gasteiger partial charge in [-0.2, -0.15) is 0 Å². The van der Waals surface area contributed by atoms with Gasteiger partial charge in [0.05, 0.1) is 40.8 Å². The number of carbonyl (C=O) groups excluding carboxylic acids is 1. The fourth-order valence-corrected chi connectivity index (χ4v) is 12.4. The zero-order valence-corrected chi connectivity index (χ0v) is 33.5. The van der Waals surface area contributed by atoms with E-state index in [1.54, 1.807) is 0 Å². The van der Waals surface area contributed by atoms with E-state index in [9.17, 15) is 9.00 Å². The van der Waals surface area contributed by atoms with E-state index in [1.807, 2.05) is 38.3 Å². The lowest BCUT2D eigenvalue weighted by Crippen LogP contribution is -2.63. The first-order valence-corrected chi connectivity index (χ1v) is 22.2. The molecule has 1 saturated carbocycles. The van der Waals surface area contributed by atoms with Crippen molar-refractivity contribution in [2.24, 2.45) is 17.8 Å². The predicted octanol–water partition coefficient (Wildman–Crippen LogP) is 5.81. The van der Waals surface area contributed by atoms with Gasteiger partial charge in [-0.05, 0) is 117 Å². The van der Waals surface area contributed by atoms with Crippen LogP contribution in [0.3, 0.4) is 0 Å². The molecule has 0 aromatic heterocycles. The molecule has 2 aliphatic carbocycles. The summed E-state index contributed by atoms with van der Waals surface area (Å²) in [5.74, 6) is 5.47. The molecule has 11 heteroatoms. The maximum atomic E-state index is 14.1. The number of aryl methyl sites for hydroxylation is 1. The van der Waals surface area contributed by atoms with Gasteiger partial charge in [0.2, 0.25) is 0 Å². The number of amides is 1. The van der Waals surface area contributed by atoms with Crippen LogP contribution in [-0.4, -0.2) is 115 Å². The van der Waals surface area contributed by atoms with Crippen LogP contribution in [0.25, 0.3) is 0 Å². The van der Waals surface area contributed by atoms with Crippen LogP contribution < -0.4 is 14.4 Å². The molecular weight excluding hydrogens is 708 g/mol. The number of hydrogen-bond donors (Lipinski definition) is 1. The van der Waals surface area contributed by atoms with E-state index in [2.05, 4.69) is 44.3 Å². The first kappa shape index (κ1) is 37.6. The van der Waals surface area contributed by atoms with Crippen LogP contribution in [0.2, 0.25) is 5.02 Å². The van der Waals surface area contributed by atoms with E-state index in [4.69, 9.17) is 25.8 Å². The lowest BCUT2D eigenvalue weighted by Gasteiger charge is -2.54. The third-order valence-corrected chi connectivity index (χ3v) is 16.6. The summed E-state index contributed by atoms with van der Waals surface area (Å²) in [5.41, 5.74) is 3.53. The van der Waals surface area contributed by atoms with Crippen molar-refractivity contribution in [1.29, 1.82) is 0 Å². The van der Waals surface area contributed by atoms with Gasteiger partial charge in [-0.25, -0.2) is 4.21 Å². The number of fused-ring (bicyclic) bond motifs is 5. The van der Waals surface area contributed by atoms with Gasteiger partial charge in [-0.3, -0.25) is 19.3 Å². The lowest BCUT2D eigenvalue weighted by molar-refractivity contribution is -0.140. The Kier molecular flexibility index (Phi) is 10.6. The van der Waals surface area contributed by atoms with Crippen LogP contribution in [0, 0.1) is 17.8 Å². The Bertz CT molecular complexity index is 1790. The molecule has 1 unspecified atom stereocenters. The van der Waals surface area contributed by atoms with Gasteiger partial charge < -0.3 is 19.1 Å². The summed E-state index contributed by atoms with van der Waals surface area (Å²) in [4.78, 5) is 21.6. The highest BCUT2D eigenvalue weighted by Crippen LogP contribution is 2.50. The van der Waals surface area contributed by atoms with Crippen molar-refractivity contribution < 1.29 is 23.2 Å². The summed E-state index contributed by atoms with van der Waals surface area (Å²) >= 11 is 6.53. The number of morpholine rings is 1. The third kappa shape index (κ3) is 7.26. The highest BCUT2D eigenvalue weighted by Gasteiger charge is 2.51. The van der Waals surface area contributed by atoms with Crippen molar-refractivity contribution in [1.82, 2.24) is 14.5 Å². The lowest BCUT2D eigenvalue weighted by atomic mass is 9.62. The van der Waals surface area contributed by atoms with Crippen molar-refractivity contribution in [2.75, 3.05) is 77.6 Å². The number of carbonyl (C=O) groups is 1. The van der Waals surface area contributed by atoms with Gasteiger partial charge in [0, 0.05) is 80.2 Å². The van der Waals surface area contributed by atoms with Gasteiger partial charge in [-0.15, -0.1) is 0 Å². The number of rotatable bonds is 3. The molecule has 4 heterocycles. The zero-order valence-electron chi connectivity index (χ0n) is 32.0. The first-order chi connectivity index (χ1) is 25.5. The summed E-state index contributed by atoms with van der Waals surface area (Å²) in [5, 5.41) is 0.489. The van der Waals surface area contributed by atoms with E-state index in [-0.39, 0.29) is 28.1 Å². The molecule has 8 rings (SSSR count). The van der Waals surface area contributed by atoms with Gasteiger partial charge in [-0.1, -0.05) is 31.0 Å². The Morgan fingerprint density at radius 3 is 2.74 bits per heavy atom. The summed E-state index contributed by atoms with van der Waals surface area (Å²) in [7, 11) is -0.982. The average molecular weight is 767 g/mol. The van der Waals surface area contributed by atoms with Gasteiger partial charge in [0.15, 0.2) is 0 Å². The van der Waals surface area contributed by atoms with Gasteiger partial charge >= 0.3 is 0 Å². The van der Waals surface area contributed by atoms with Crippen molar-refractivity contribution in [3.8, 4) is 5.75 Å². The number of ether oxygens (including phenoxy) is 3. The van der Waals surface area contributed by atoms with E-state index in [0.717, 1.165) is 127 Å². The molecule has 2 bridgehead atoms. The molecule has 0 radical (unpaired) electrons. The monoisotopic (exact) mass is 766 g/mol. The number of nitrogens with zero attached hydrogens (tertiary/aromatic N) is 3. The Hall–Kier alpha value is -2.34. The fraction of sp³-hybridized carbons (Fsp3) is 0.667. The molecule has 2 aromatic carbocycles. The molecule has 290 valence electrons. The van der Waals surface area contributed by atoms with Gasteiger partial charge in [0.25, 0.3) is 5.91 Å². The largest absolute Gasteiger partial charge is 0.490 e. The summed E-state index contributed by atoms with van der Waals surface area (Å²) in [6.07, 6.45) is 8.17. The number of hydrogen-bond acceptors (Lipinski definition) is 8. The molecule has 53 heavy (non-hydrogen) atoms. The van der Waals surface area contributed by atoms with Gasteiger partial charge in [0.1, 0.15) is 5.75 Å². The molecule has 4 aliphatic heterocycles. The second kappa shape index (κ2) is 15.0. The predicted molar refractivity (Wildman–Crippen MR) is 214 cm³/mol. The van der Waals surface area contributed by atoms with Crippen molar-refractivity contribution in [3.05, 3.63) is 58.1 Å². The second-order valence-electron chi connectivity index (χ2n) is 17.2. The third-order valence-electron chi connectivity index (χ3n) is 14.2. The Morgan fingerprint density at radius 1 is 1.06 bits per heavy atom. The van der Waals surface area contributed by atoms with E-state index >= 15 is 0 Å². The standard InChI is InChI=1S/C42H59ClN4O5S/c1-29-7-5-16-42(50-3,27-45-17-18-46-19-20-51-25-35(46)24-45)37-12-9-33(37)23-47-26-41(15-6-8-31-21-34(43)11-13-36(31)41)28-52-39-14-10-32(22-38(39)47)40(48)44-53(4,49)30(29)2/h10-11,13-14,21-22,29-30,33,35,37H,4-9,12,15-20,23-28H2,1-3H3,(H,44,48,49)/t29-,30+,33-,35-,37+,41-,42-,53?/m0/s1. The molecular formula is C42H59ClN4O5S. The maximum Gasteiger partial charge on any atom is 0.262 e. The molecule has 1 amide bonds.